The molecule has 7 nitrogen and oxygen atoms in total. The van der Waals surface area contributed by atoms with Crippen LogP contribution in [0.5, 0.6) is 11.5 Å². The number of carbonyl (C=O) groups excluding carboxylic acids is 1. The van der Waals surface area contributed by atoms with Crippen LogP contribution in [0.2, 0.25) is 0 Å². The van der Waals surface area contributed by atoms with Crippen molar-refractivity contribution in [3.8, 4) is 11.5 Å². The molecule has 8 heteroatoms. The van der Waals surface area contributed by atoms with Crippen molar-refractivity contribution < 1.29 is 22.7 Å². The average Bonchev–Trinajstić information content (AvgIpc) is 2.62. The predicted molar refractivity (Wildman–Crippen MR) is 94.4 cm³/mol. The molecule has 0 heterocycles. The molecule has 0 saturated carbocycles. The number of hydrogen-bond donors (Lipinski definition) is 2. The van der Waals surface area contributed by atoms with Crippen molar-refractivity contribution in [2.75, 3.05) is 25.6 Å². The molecule has 2 aromatic rings. The maximum Gasteiger partial charge on any atom is 0.241 e. The molecule has 2 aromatic carbocycles. The lowest BCUT2D eigenvalue weighted by molar-refractivity contribution is -0.115. The summed E-state index contributed by atoms with van der Waals surface area (Å²) < 4.78 is 37.1. The van der Waals surface area contributed by atoms with Gasteiger partial charge >= 0.3 is 0 Å². The highest BCUT2D eigenvalue weighted by Gasteiger charge is 2.16. The van der Waals surface area contributed by atoms with Gasteiger partial charge in [-0.3, -0.25) is 4.79 Å². The Kier molecular flexibility index (Phi) is 6.37. The third-order valence-electron chi connectivity index (χ3n) is 3.25. The zero-order chi connectivity index (χ0) is 18.3. The predicted octanol–water partition coefficient (Wildman–Crippen LogP) is 2.01. The third kappa shape index (κ3) is 5.20. The Morgan fingerprint density at radius 3 is 2.40 bits per heavy atom. The standard InChI is InChI=1S/C17H20N2O5S/c1-3-24-16-7-5-4-6-15(16)19-17(20)12-18-25(21,22)14-10-8-13(23-2)9-11-14/h4-11,18H,3,12H2,1-2H3,(H,19,20). The van der Waals surface area contributed by atoms with E-state index < -0.39 is 22.5 Å². The van der Waals surface area contributed by atoms with Gasteiger partial charge in [-0.1, -0.05) is 12.1 Å². The van der Waals surface area contributed by atoms with Gasteiger partial charge in [0.25, 0.3) is 0 Å². The van der Waals surface area contributed by atoms with Crippen LogP contribution in [0, 0.1) is 0 Å². The van der Waals surface area contributed by atoms with E-state index in [2.05, 4.69) is 10.0 Å². The number of carbonyl (C=O) groups is 1. The van der Waals surface area contributed by atoms with Gasteiger partial charge in [-0.05, 0) is 43.3 Å². The van der Waals surface area contributed by atoms with Crippen LogP contribution in [0.3, 0.4) is 0 Å². The molecule has 0 atom stereocenters. The smallest absolute Gasteiger partial charge is 0.241 e. The van der Waals surface area contributed by atoms with Crippen LogP contribution in [0.15, 0.2) is 53.4 Å². The van der Waals surface area contributed by atoms with E-state index >= 15 is 0 Å². The van der Waals surface area contributed by atoms with Crippen LogP contribution >= 0.6 is 0 Å². The van der Waals surface area contributed by atoms with Crippen molar-refractivity contribution in [1.82, 2.24) is 4.72 Å². The van der Waals surface area contributed by atoms with Crippen molar-refractivity contribution >= 4 is 21.6 Å². The van der Waals surface area contributed by atoms with Gasteiger partial charge in [0, 0.05) is 0 Å². The number of hydrogen-bond acceptors (Lipinski definition) is 5. The molecule has 1 amide bonds. The second-order valence-corrected chi connectivity index (χ2v) is 6.74. The Balaban J connectivity index is 1.99. The van der Waals surface area contributed by atoms with Crippen LogP contribution in [-0.2, 0) is 14.8 Å². The molecule has 25 heavy (non-hydrogen) atoms. The largest absolute Gasteiger partial charge is 0.497 e. The van der Waals surface area contributed by atoms with Crippen LogP contribution in [-0.4, -0.2) is 34.6 Å². The minimum atomic E-state index is -3.79. The summed E-state index contributed by atoms with van der Waals surface area (Å²) in [6, 6.07) is 12.8. The molecule has 0 spiro atoms. The van der Waals surface area contributed by atoms with Crippen LogP contribution in [0.4, 0.5) is 5.69 Å². The number of rotatable bonds is 8. The van der Waals surface area contributed by atoms with Crippen molar-refractivity contribution in [1.29, 1.82) is 0 Å². The van der Waals surface area contributed by atoms with Crippen LogP contribution in [0.1, 0.15) is 6.92 Å². The van der Waals surface area contributed by atoms with E-state index in [1.807, 2.05) is 6.92 Å². The van der Waals surface area contributed by atoms with Crippen molar-refractivity contribution in [2.45, 2.75) is 11.8 Å². The number of methoxy groups -OCH3 is 1. The number of nitrogens with one attached hydrogen (secondary N) is 2. The lowest BCUT2D eigenvalue weighted by Gasteiger charge is -2.12. The summed E-state index contributed by atoms with van der Waals surface area (Å²) in [6.07, 6.45) is 0. The van der Waals surface area contributed by atoms with Gasteiger partial charge < -0.3 is 14.8 Å². The van der Waals surface area contributed by atoms with Gasteiger partial charge in [0.15, 0.2) is 0 Å². The van der Waals surface area contributed by atoms with E-state index in [-0.39, 0.29) is 4.90 Å². The van der Waals surface area contributed by atoms with E-state index in [9.17, 15) is 13.2 Å². The molecular weight excluding hydrogens is 344 g/mol. The van der Waals surface area contributed by atoms with Gasteiger partial charge in [-0.15, -0.1) is 0 Å². The van der Waals surface area contributed by atoms with Crippen LogP contribution < -0.4 is 19.5 Å². The Labute approximate surface area is 147 Å². The summed E-state index contributed by atoms with van der Waals surface area (Å²) in [7, 11) is -2.30. The lowest BCUT2D eigenvalue weighted by Crippen LogP contribution is -2.33. The van der Waals surface area contributed by atoms with Gasteiger partial charge in [0.2, 0.25) is 15.9 Å². The van der Waals surface area contributed by atoms with E-state index in [1.165, 1.54) is 31.4 Å². The zero-order valence-electron chi connectivity index (χ0n) is 14.0. The summed E-state index contributed by atoms with van der Waals surface area (Å²) in [5.74, 6) is 0.574. The molecule has 2 N–H and O–H groups in total. The first-order valence-corrected chi connectivity index (χ1v) is 9.10. The molecule has 134 valence electrons. The van der Waals surface area contributed by atoms with Crippen molar-refractivity contribution in [2.24, 2.45) is 0 Å². The normalized spacial score (nSPS) is 11.0. The molecule has 2 rings (SSSR count). The highest BCUT2D eigenvalue weighted by Crippen LogP contribution is 2.23. The molecule has 0 fully saturated rings. The van der Waals surface area contributed by atoms with E-state index in [0.29, 0.717) is 23.8 Å². The number of anilines is 1. The molecule has 0 aromatic heterocycles. The number of para-hydroxylation sites is 2. The fourth-order valence-corrected chi connectivity index (χ4v) is 3.03. The summed E-state index contributed by atoms with van der Waals surface area (Å²) >= 11 is 0. The second kappa shape index (κ2) is 8.50. The number of ether oxygens (including phenoxy) is 2. The molecule has 0 bridgehead atoms. The first-order valence-electron chi connectivity index (χ1n) is 7.61. The number of amides is 1. The summed E-state index contributed by atoms with van der Waals surface area (Å²) in [6.45, 7) is 1.90. The summed E-state index contributed by atoms with van der Waals surface area (Å²) in [4.78, 5) is 12.1. The first kappa shape index (κ1) is 18.8. The molecule has 0 saturated heterocycles. The van der Waals surface area contributed by atoms with Gasteiger partial charge in [-0.2, -0.15) is 0 Å². The monoisotopic (exact) mass is 364 g/mol. The van der Waals surface area contributed by atoms with E-state index in [4.69, 9.17) is 9.47 Å². The highest BCUT2D eigenvalue weighted by molar-refractivity contribution is 7.89. The maximum atomic E-state index is 12.2. The van der Waals surface area contributed by atoms with Gasteiger partial charge in [0.1, 0.15) is 11.5 Å². The van der Waals surface area contributed by atoms with E-state index in [1.54, 1.807) is 24.3 Å². The topological polar surface area (TPSA) is 93.7 Å². The number of benzene rings is 2. The zero-order valence-corrected chi connectivity index (χ0v) is 14.8. The molecule has 0 aliphatic carbocycles. The Bertz CT molecular complexity index is 819. The maximum absolute atomic E-state index is 12.2. The van der Waals surface area contributed by atoms with Gasteiger partial charge in [-0.25, -0.2) is 13.1 Å². The second-order valence-electron chi connectivity index (χ2n) is 4.98. The van der Waals surface area contributed by atoms with Gasteiger partial charge in [0.05, 0.1) is 30.8 Å². The summed E-state index contributed by atoms with van der Waals surface area (Å²) in [5, 5.41) is 2.63. The Morgan fingerprint density at radius 1 is 1.08 bits per heavy atom. The SMILES string of the molecule is CCOc1ccccc1NC(=O)CNS(=O)(=O)c1ccc(OC)cc1. The minimum absolute atomic E-state index is 0.0517. The third-order valence-corrected chi connectivity index (χ3v) is 4.67. The molecule has 0 aliphatic heterocycles. The molecular formula is C17H20N2O5S. The molecule has 0 aliphatic rings. The fraction of sp³-hybridized carbons (Fsp3) is 0.235. The van der Waals surface area contributed by atoms with Crippen molar-refractivity contribution in [3.63, 3.8) is 0 Å². The Hall–Kier alpha value is -2.58. The first-order chi connectivity index (χ1) is 12.0. The fourth-order valence-electron chi connectivity index (χ4n) is 2.04. The lowest BCUT2D eigenvalue weighted by atomic mass is 10.3. The minimum Gasteiger partial charge on any atom is -0.497 e. The summed E-state index contributed by atoms with van der Waals surface area (Å²) in [5.41, 5.74) is 0.484. The van der Waals surface area contributed by atoms with Crippen molar-refractivity contribution in [3.05, 3.63) is 48.5 Å². The van der Waals surface area contributed by atoms with E-state index in [0.717, 1.165) is 0 Å². The quantitative estimate of drug-likeness (QED) is 0.747. The van der Waals surface area contributed by atoms with Crippen LogP contribution in [0.25, 0.3) is 0 Å². The number of sulfonamides is 1. The Morgan fingerprint density at radius 2 is 1.76 bits per heavy atom. The molecule has 0 radical (unpaired) electrons. The highest BCUT2D eigenvalue weighted by atomic mass is 32.2. The average molecular weight is 364 g/mol. The molecule has 0 unspecified atom stereocenters.